The summed E-state index contributed by atoms with van der Waals surface area (Å²) in [6.07, 6.45) is 4.29. The number of piperidine rings is 1. The van der Waals surface area contributed by atoms with Crippen molar-refractivity contribution in [3.05, 3.63) is 29.8 Å². The first-order valence-electron chi connectivity index (χ1n) is 7.46. The molecule has 2 rings (SSSR count). The van der Waals surface area contributed by atoms with Crippen LogP contribution in [0.4, 0.5) is 5.69 Å². The second-order valence-corrected chi connectivity index (χ2v) is 5.62. The highest BCUT2D eigenvalue weighted by Gasteiger charge is 2.21. The Morgan fingerprint density at radius 1 is 1.14 bits per heavy atom. The van der Waals surface area contributed by atoms with E-state index in [1.807, 2.05) is 17.0 Å². The highest BCUT2D eigenvalue weighted by molar-refractivity contribution is 6.18. The van der Waals surface area contributed by atoms with Crippen LogP contribution in [0, 0.1) is 0 Å². The number of nitrogens with one attached hydrogen (secondary N) is 1. The Labute approximate surface area is 130 Å². The van der Waals surface area contributed by atoms with Gasteiger partial charge in [-0.3, -0.25) is 9.59 Å². The van der Waals surface area contributed by atoms with Crippen LogP contribution in [0.3, 0.4) is 0 Å². The number of likely N-dealkylation sites (tertiary alicyclic amines) is 1. The number of benzene rings is 1. The maximum Gasteiger partial charge on any atom is 0.255 e. The zero-order valence-electron chi connectivity index (χ0n) is 12.1. The zero-order chi connectivity index (χ0) is 15.1. The average Bonchev–Trinajstić information content (AvgIpc) is 2.53. The van der Waals surface area contributed by atoms with E-state index in [1.54, 1.807) is 12.1 Å². The summed E-state index contributed by atoms with van der Waals surface area (Å²) >= 11 is 5.59. The van der Waals surface area contributed by atoms with E-state index in [1.165, 1.54) is 6.42 Å². The van der Waals surface area contributed by atoms with Crippen molar-refractivity contribution in [2.24, 2.45) is 0 Å². The van der Waals surface area contributed by atoms with E-state index in [9.17, 15) is 9.59 Å². The summed E-state index contributed by atoms with van der Waals surface area (Å²) < 4.78 is 0. The molecule has 1 heterocycles. The van der Waals surface area contributed by atoms with E-state index in [2.05, 4.69) is 5.32 Å². The predicted molar refractivity (Wildman–Crippen MR) is 84.8 cm³/mol. The molecule has 4 nitrogen and oxygen atoms in total. The topological polar surface area (TPSA) is 49.4 Å². The highest BCUT2D eigenvalue weighted by atomic mass is 35.5. The number of para-hydroxylation sites is 1. The summed E-state index contributed by atoms with van der Waals surface area (Å²) in [6.45, 7) is 1.60. The van der Waals surface area contributed by atoms with Gasteiger partial charge in [0.25, 0.3) is 5.91 Å². The third-order valence-electron chi connectivity index (χ3n) is 3.61. The Balaban J connectivity index is 2.08. The van der Waals surface area contributed by atoms with Gasteiger partial charge >= 0.3 is 0 Å². The Kier molecular flexibility index (Phi) is 6.05. The lowest BCUT2D eigenvalue weighted by Gasteiger charge is -2.27. The van der Waals surface area contributed by atoms with Crippen molar-refractivity contribution in [3.63, 3.8) is 0 Å². The Morgan fingerprint density at radius 3 is 2.57 bits per heavy atom. The van der Waals surface area contributed by atoms with Gasteiger partial charge in [-0.25, -0.2) is 0 Å². The molecule has 0 spiro atoms. The van der Waals surface area contributed by atoms with Crippen LogP contribution in [0.5, 0.6) is 0 Å². The zero-order valence-corrected chi connectivity index (χ0v) is 12.9. The fourth-order valence-corrected chi connectivity index (χ4v) is 2.62. The van der Waals surface area contributed by atoms with Crippen molar-refractivity contribution >= 4 is 29.1 Å². The lowest BCUT2D eigenvalue weighted by atomic mass is 10.1. The summed E-state index contributed by atoms with van der Waals surface area (Å²) in [6, 6.07) is 7.19. The van der Waals surface area contributed by atoms with Gasteiger partial charge in [0, 0.05) is 25.4 Å². The second kappa shape index (κ2) is 8.03. The van der Waals surface area contributed by atoms with Gasteiger partial charge in [0.2, 0.25) is 5.91 Å². The van der Waals surface area contributed by atoms with E-state index in [4.69, 9.17) is 11.6 Å². The van der Waals surface area contributed by atoms with Gasteiger partial charge in [-0.05, 0) is 37.8 Å². The van der Waals surface area contributed by atoms with E-state index in [0.717, 1.165) is 25.9 Å². The van der Waals surface area contributed by atoms with Gasteiger partial charge in [0.15, 0.2) is 0 Å². The van der Waals surface area contributed by atoms with Crippen molar-refractivity contribution in [2.45, 2.75) is 32.1 Å². The smallest absolute Gasteiger partial charge is 0.255 e. The highest BCUT2D eigenvalue weighted by Crippen LogP contribution is 2.20. The third-order valence-corrected chi connectivity index (χ3v) is 3.88. The molecule has 1 aliphatic rings. The number of carbonyl (C=O) groups is 2. The van der Waals surface area contributed by atoms with Crippen LogP contribution in [0.1, 0.15) is 42.5 Å². The van der Waals surface area contributed by atoms with E-state index >= 15 is 0 Å². The molecule has 1 aromatic rings. The number of carbonyl (C=O) groups excluding carboxylic acids is 2. The van der Waals surface area contributed by atoms with Crippen molar-refractivity contribution < 1.29 is 9.59 Å². The van der Waals surface area contributed by atoms with Crippen LogP contribution >= 0.6 is 11.6 Å². The first-order valence-corrected chi connectivity index (χ1v) is 8.00. The largest absolute Gasteiger partial charge is 0.339 e. The van der Waals surface area contributed by atoms with Gasteiger partial charge in [0.1, 0.15) is 0 Å². The lowest BCUT2D eigenvalue weighted by Crippen LogP contribution is -2.36. The molecule has 1 saturated heterocycles. The SMILES string of the molecule is O=C(CCCCl)Nc1ccccc1C(=O)N1CCCCC1. The number of anilines is 1. The summed E-state index contributed by atoms with van der Waals surface area (Å²) in [5.41, 5.74) is 1.16. The first-order chi connectivity index (χ1) is 10.2. The van der Waals surface area contributed by atoms with Gasteiger partial charge in [0.05, 0.1) is 11.3 Å². The van der Waals surface area contributed by atoms with E-state index in [0.29, 0.717) is 30.0 Å². The monoisotopic (exact) mass is 308 g/mol. The van der Waals surface area contributed by atoms with Crippen molar-refractivity contribution in [1.29, 1.82) is 0 Å². The number of nitrogens with zero attached hydrogens (tertiary/aromatic N) is 1. The lowest BCUT2D eigenvalue weighted by molar-refractivity contribution is -0.116. The van der Waals surface area contributed by atoms with Crippen LogP contribution < -0.4 is 5.32 Å². The summed E-state index contributed by atoms with van der Waals surface area (Å²) in [5, 5.41) is 2.82. The standard InChI is InChI=1S/C16H21ClN2O2/c17-10-6-9-15(20)18-14-8-3-2-7-13(14)16(21)19-11-4-1-5-12-19/h2-3,7-8H,1,4-6,9-12H2,(H,18,20). The molecule has 0 aliphatic carbocycles. The Morgan fingerprint density at radius 2 is 1.86 bits per heavy atom. The Bertz CT molecular complexity index is 499. The molecule has 2 amide bonds. The van der Waals surface area contributed by atoms with Crippen molar-refractivity contribution in [2.75, 3.05) is 24.3 Å². The molecule has 0 aromatic heterocycles. The number of halogens is 1. The van der Waals surface area contributed by atoms with Crippen LogP contribution in [-0.4, -0.2) is 35.7 Å². The molecule has 0 radical (unpaired) electrons. The van der Waals surface area contributed by atoms with E-state index < -0.39 is 0 Å². The van der Waals surface area contributed by atoms with Crippen LogP contribution in [0.2, 0.25) is 0 Å². The molecule has 1 fully saturated rings. The molecule has 114 valence electrons. The maximum atomic E-state index is 12.6. The molecule has 5 heteroatoms. The van der Waals surface area contributed by atoms with Crippen molar-refractivity contribution in [3.8, 4) is 0 Å². The molecule has 21 heavy (non-hydrogen) atoms. The molecule has 0 atom stereocenters. The van der Waals surface area contributed by atoms with Crippen LogP contribution in [0.15, 0.2) is 24.3 Å². The van der Waals surface area contributed by atoms with Gasteiger partial charge in [-0.1, -0.05) is 12.1 Å². The molecule has 1 aromatic carbocycles. The molecular formula is C16H21ClN2O2. The fourth-order valence-electron chi connectivity index (χ4n) is 2.49. The molecule has 1 N–H and O–H groups in total. The molecule has 0 bridgehead atoms. The van der Waals surface area contributed by atoms with Gasteiger partial charge in [-0.15, -0.1) is 11.6 Å². The van der Waals surface area contributed by atoms with Crippen LogP contribution in [0.25, 0.3) is 0 Å². The van der Waals surface area contributed by atoms with Crippen molar-refractivity contribution in [1.82, 2.24) is 4.90 Å². The number of amides is 2. The maximum absolute atomic E-state index is 12.6. The quantitative estimate of drug-likeness (QED) is 0.849. The fraction of sp³-hybridized carbons (Fsp3) is 0.500. The average molecular weight is 309 g/mol. The number of rotatable bonds is 5. The third kappa shape index (κ3) is 4.46. The minimum Gasteiger partial charge on any atom is -0.339 e. The van der Waals surface area contributed by atoms with Gasteiger partial charge < -0.3 is 10.2 Å². The minimum atomic E-state index is -0.102. The molecular weight excluding hydrogens is 288 g/mol. The number of hydrogen-bond donors (Lipinski definition) is 1. The molecule has 0 unspecified atom stereocenters. The Hall–Kier alpha value is -1.55. The van der Waals surface area contributed by atoms with Gasteiger partial charge in [-0.2, -0.15) is 0 Å². The molecule has 1 aliphatic heterocycles. The number of alkyl halides is 1. The summed E-state index contributed by atoms with van der Waals surface area (Å²) in [5.74, 6) is 0.361. The number of hydrogen-bond acceptors (Lipinski definition) is 2. The minimum absolute atomic E-state index is 0.00273. The normalized spacial score (nSPS) is 14.8. The van der Waals surface area contributed by atoms with Crippen LogP contribution in [-0.2, 0) is 4.79 Å². The molecule has 0 saturated carbocycles. The summed E-state index contributed by atoms with van der Waals surface area (Å²) in [4.78, 5) is 26.3. The summed E-state index contributed by atoms with van der Waals surface area (Å²) in [7, 11) is 0. The first kappa shape index (κ1) is 15.8. The predicted octanol–water partition coefficient (Wildman–Crippen LogP) is 3.27. The van der Waals surface area contributed by atoms with E-state index in [-0.39, 0.29) is 11.8 Å². The second-order valence-electron chi connectivity index (χ2n) is 5.24.